The molecule has 1 aromatic carbocycles. The molecule has 0 aliphatic heterocycles. The Kier molecular flexibility index (Phi) is 4.42. The van der Waals surface area contributed by atoms with Crippen molar-refractivity contribution in [2.24, 2.45) is 0 Å². The number of likely N-dealkylation sites (N-methyl/N-ethyl adjacent to an activating group) is 1. The van der Waals surface area contributed by atoms with Crippen LogP contribution in [-0.4, -0.2) is 24.6 Å². The van der Waals surface area contributed by atoms with Crippen molar-refractivity contribution in [1.29, 1.82) is 5.26 Å². The van der Waals surface area contributed by atoms with E-state index >= 15 is 0 Å². The molecule has 0 radical (unpaired) electrons. The number of amides is 1. The van der Waals surface area contributed by atoms with Crippen molar-refractivity contribution in [3.63, 3.8) is 0 Å². The smallest absolute Gasteiger partial charge is 0.261 e. The highest BCUT2D eigenvalue weighted by Gasteiger charge is 2.07. The predicted octanol–water partition coefficient (Wildman–Crippen LogP) is 2.14. The number of ether oxygens (including phenoxy) is 1. The summed E-state index contributed by atoms with van der Waals surface area (Å²) in [6, 6.07) is 11.3. The van der Waals surface area contributed by atoms with Gasteiger partial charge in [0.1, 0.15) is 17.4 Å². The van der Waals surface area contributed by atoms with Crippen LogP contribution in [0.4, 0.5) is 0 Å². The van der Waals surface area contributed by atoms with Crippen LogP contribution in [-0.2, 0) is 4.79 Å². The molecule has 0 spiro atoms. The fourth-order valence-corrected chi connectivity index (χ4v) is 1.86. The summed E-state index contributed by atoms with van der Waals surface area (Å²) < 4.78 is 7.02. The Labute approximate surface area is 123 Å². The fraction of sp³-hybridized carbons (Fsp3) is 0.125. The Morgan fingerprint density at radius 2 is 2.05 bits per heavy atom. The Balaban J connectivity index is 2.27. The third-order valence-corrected chi connectivity index (χ3v) is 2.99. The number of nitrogens with zero attached hydrogens (tertiary/aromatic N) is 2. The maximum Gasteiger partial charge on any atom is 0.261 e. The Morgan fingerprint density at radius 1 is 1.33 bits per heavy atom. The molecule has 2 aromatic rings. The van der Waals surface area contributed by atoms with E-state index < -0.39 is 5.91 Å². The van der Waals surface area contributed by atoms with Crippen molar-refractivity contribution in [2.75, 3.05) is 14.2 Å². The fourth-order valence-electron chi connectivity index (χ4n) is 1.86. The highest BCUT2D eigenvalue weighted by molar-refractivity contribution is 6.01. The summed E-state index contributed by atoms with van der Waals surface area (Å²) in [6.07, 6.45) is 5.27. The highest BCUT2D eigenvalue weighted by atomic mass is 16.5. The van der Waals surface area contributed by atoms with E-state index in [9.17, 15) is 4.79 Å². The van der Waals surface area contributed by atoms with Crippen LogP contribution in [0.1, 0.15) is 5.56 Å². The second-order valence-corrected chi connectivity index (χ2v) is 4.30. The second kappa shape index (κ2) is 6.44. The first kappa shape index (κ1) is 14.4. The molecule has 1 amide bonds. The molecule has 0 bridgehead atoms. The van der Waals surface area contributed by atoms with Gasteiger partial charge >= 0.3 is 0 Å². The van der Waals surface area contributed by atoms with Crippen molar-refractivity contribution in [3.05, 3.63) is 53.9 Å². The van der Waals surface area contributed by atoms with E-state index in [1.54, 1.807) is 13.2 Å². The molecule has 0 fully saturated rings. The number of hydrogen-bond donors (Lipinski definition) is 1. The van der Waals surface area contributed by atoms with Crippen molar-refractivity contribution in [2.45, 2.75) is 0 Å². The third kappa shape index (κ3) is 3.31. The van der Waals surface area contributed by atoms with Gasteiger partial charge in [-0.1, -0.05) is 0 Å². The number of carbonyl (C=O) groups is 1. The minimum absolute atomic E-state index is 0.0741. The SMILES string of the molecule is CNC(=O)/C(C#N)=C/c1ccn(-c2ccc(OC)cc2)c1. The van der Waals surface area contributed by atoms with Crippen molar-refractivity contribution >= 4 is 12.0 Å². The molecule has 21 heavy (non-hydrogen) atoms. The number of hydrogen-bond acceptors (Lipinski definition) is 3. The summed E-state index contributed by atoms with van der Waals surface area (Å²) in [6.45, 7) is 0. The van der Waals surface area contributed by atoms with Gasteiger partial charge in [0.25, 0.3) is 5.91 Å². The van der Waals surface area contributed by atoms with E-state index in [1.165, 1.54) is 7.05 Å². The number of carbonyl (C=O) groups excluding carboxylic acids is 1. The minimum Gasteiger partial charge on any atom is -0.497 e. The minimum atomic E-state index is -0.394. The highest BCUT2D eigenvalue weighted by Crippen LogP contribution is 2.17. The molecule has 0 atom stereocenters. The van der Waals surface area contributed by atoms with Crippen LogP contribution in [0.2, 0.25) is 0 Å². The number of nitrogens with one attached hydrogen (secondary N) is 1. The number of rotatable bonds is 4. The quantitative estimate of drug-likeness (QED) is 0.689. The van der Waals surface area contributed by atoms with E-state index in [1.807, 2.05) is 53.4 Å². The number of methoxy groups -OCH3 is 1. The summed E-state index contributed by atoms with van der Waals surface area (Å²) in [7, 11) is 3.12. The van der Waals surface area contributed by atoms with Crippen LogP contribution in [0.15, 0.2) is 48.3 Å². The first-order valence-corrected chi connectivity index (χ1v) is 6.34. The van der Waals surface area contributed by atoms with Crippen LogP contribution < -0.4 is 10.1 Å². The Bertz CT molecular complexity index is 706. The third-order valence-electron chi connectivity index (χ3n) is 2.99. The lowest BCUT2D eigenvalue weighted by atomic mass is 10.2. The lowest BCUT2D eigenvalue weighted by molar-refractivity contribution is -0.116. The Hall–Kier alpha value is -3.00. The van der Waals surface area contributed by atoms with Gasteiger partial charge in [0, 0.05) is 25.1 Å². The monoisotopic (exact) mass is 281 g/mol. The van der Waals surface area contributed by atoms with Gasteiger partial charge in [0.05, 0.1) is 7.11 Å². The first-order valence-electron chi connectivity index (χ1n) is 6.34. The lowest BCUT2D eigenvalue weighted by Gasteiger charge is -2.04. The molecule has 2 rings (SSSR count). The molecule has 0 aliphatic carbocycles. The zero-order valence-electron chi connectivity index (χ0n) is 11.8. The van der Waals surface area contributed by atoms with E-state index in [4.69, 9.17) is 10.00 Å². The predicted molar refractivity (Wildman–Crippen MR) is 80.0 cm³/mol. The first-order chi connectivity index (χ1) is 10.2. The summed E-state index contributed by atoms with van der Waals surface area (Å²) in [5, 5.41) is 11.4. The van der Waals surface area contributed by atoms with Crippen LogP contribution in [0.25, 0.3) is 11.8 Å². The normalized spacial score (nSPS) is 10.8. The van der Waals surface area contributed by atoms with Crippen LogP contribution in [0.5, 0.6) is 5.75 Å². The van der Waals surface area contributed by atoms with E-state index in [2.05, 4.69) is 5.32 Å². The largest absolute Gasteiger partial charge is 0.497 e. The van der Waals surface area contributed by atoms with E-state index in [0.29, 0.717) is 0 Å². The van der Waals surface area contributed by atoms with Gasteiger partial charge in [-0.2, -0.15) is 5.26 Å². The van der Waals surface area contributed by atoms with Crippen LogP contribution in [0, 0.1) is 11.3 Å². The van der Waals surface area contributed by atoms with E-state index in [-0.39, 0.29) is 5.57 Å². The van der Waals surface area contributed by atoms with Gasteiger partial charge in [-0.25, -0.2) is 0 Å². The van der Waals surface area contributed by atoms with Crippen molar-refractivity contribution in [1.82, 2.24) is 9.88 Å². The molecule has 106 valence electrons. The zero-order chi connectivity index (χ0) is 15.2. The molecule has 5 heteroatoms. The van der Waals surface area contributed by atoms with Gasteiger partial charge in [-0.05, 0) is 42.0 Å². The van der Waals surface area contributed by atoms with Crippen molar-refractivity contribution < 1.29 is 9.53 Å². The van der Waals surface area contributed by atoms with Crippen LogP contribution >= 0.6 is 0 Å². The van der Waals surface area contributed by atoms with E-state index in [0.717, 1.165) is 17.0 Å². The molecule has 0 aliphatic rings. The molecule has 0 saturated carbocycles. The Morgan fingerprint density at radius 3 is 2.62 bits per heavy atom. The average Bonchev–Trinajstić information content (AvgIpc) is 3.00. The molecule has 1 heterocycles. The van der Waals surface area contributed by atoms with Gasteiger partial charge in [0.15, 0.2) is 0 Å². The lowest BCUT2D eigenvalue weighted by Crippen LogP contribution is -2.19. The summed E-state index contributed by atoms with van der Waals surface area (Å²) in [5.41, 5.74) is 1.82. The molecule has 0 saturated heterocycles. The second-order valence-electron chi connectivity index (χ2n) is 4.30. The standard InChI is InChI=1S/C16H15N3O2/c1-18-16(20)13(10-17)9-12-7-8-19(11-12)14-3-5-15(21-2)6-4-14/h3-9,11H,1-2H3,(H,18,20)/b13-9+. The summed E-state index contributed by atoms with van der Waals surface area (Å²) in [4.78, 5) is 11.5. The maximum absolute atomic E-state index is 11.5. The summed E-state index contributed by atoms with van der Waals surface area (Å²) >= 11 is 0. The average molecular weight is 281 g/mol. The van der Waals surface area contributed by atoms with Crippen molar-refractivity contribution in [3.8, 4) is 17.5 Å². The molecule has 5 nitrogen and oxygen atoms in total. The van der Waals surface area contributed by atoms with Gasteiger partial charge in [-0.15, -0.1) is 0 Å². The zero-order valence-corrected chi connectivity index (χ0v) is 11.8. The molecular formula is C16H15N3O2. The van der Waals surface area contributed by atoms with Gasteiger partial charge in [0.2, 0.25) is 0 Å². The molecule has 1 N–H and O–H groups in total. The maximum atomic E-state index is 11.5. The number of nitriles is 1. The molecule has 0 unspecified atom stereocenters. The molecular weight excluding hydrogens is 266 g/mol. The summed E-state index contributed by atoms with van der Waals surface area (Å²) in [5.74, 6) is 0.395. The van der Waals surface area contributed by atoms with Crippen LogP contribution in [0.3, 0.4) is 0 Å². The number of aromatic nitrogens is 1. The number of benzene rings is 1. The van der Waals surface area contributed by atoms with Gasteiger partial charge < -0.3 is 14.6 Å². The van der Waals surface area contributed by atoms with Gasteiger partial charge in [-0.3, -0.25) is 4.79 Å². The molecule has 1 aromatic heterocycles. The topological polar surface area (TPSA) is 67.0 Å².